The van der Waals surface area contributed by atoms with Crippen LogP contribution in [0.5, 0.6) is 0 Å². The first kappa shape index (κ1) is 9.04. The van der Waals surface area contributed by atoms with E-state index in [1.165, 1.54) is 6.42 Å². The van der Waals surface area contributed by atoms with Gasteiger partial charge in [-0.05, 0) is 23.7 Å². The zero-order valence-corrected chi connectivity index (χ0v) is 8.84. The molecule has 0 aromatic carbocycles. The number of hydrogen-bond donors (Lipinski definition) is 0. The first-order valence-electron chi connectivity index (χ1n) is 5.23. The average Bonchev–Trinajstić information content (AvgIpc) is 2.55. The van der Waals surface area contributed by atoms with Gasteiger partial charge in [0, 0.05) is 19.5 Å². The Morgan fingerprint density at radius 3 is 2.31 bits per heavy atom. The van der Waals surface area contributed by atoms with Crippen molar-refractivity contribution in [2.24, 2.45) is 17.3 Å². The van der Waals surface area contributed by atoms with Crippen molar-refractivity contribution in [3.8, 4) is 0 Å². The van der Waals surface area contributed by atoms with Gasteiger partial charge in [0.25, 0.3) is 0 Å². The SMILES string of the molecule is CC(C)(C)CC(=O)N1CC2C[C@@H]2C1. The first-order valence-corrected chi connectivity index (χ1v) is 5.23. The van der Waals surface area contributed by atoms with Crippen LogP contribution in [0.1, 0.15) is 33.6 Å². The molecule has 1 heterocycles. The van der Waals surface area contributed by atoms with Crippen LogP contribution in [-0.4, -0.2) is 23.9 Å². The van der Waals surface area contributed by atoms with Gasteiger partial charge in [-0.15, -0.1) is 0 Å². The summed E-state index contributed by atoms with van der Waals surface area (Å²) in [5.41, 5.74) is 0.143. The van der Waals surface area contributed by atoms with Gasteiger partial charge in [0.1, 0.15) is 0 Å². The van der Waals surface area contributed by atoms with Gasteiger partial charge in [-0.1, -0.05) is 20.8 Å². The third-order valence-corrected chi connectivity index (χ3v) is 3.01. The van der Waals surface area contributed by atoms with Crippen LogP contribution in [0.4, 0.5) is 0 Å². The molecule has 0 spiro atoms. The van der Waals surface area contributed by atoms with E-state index in [1.54, 1.807) is 0 Å². The van der Waals surface area contributed by atoms with Gasteiger partial charge in [-0.25, -0.2) is 0 Å². The molecule has 2 rings (SSSR count). The average molecular weight is 181 g/mol. The van der Waals surface area contributed by atoms with Crippen LogP contribution in [-0.2, 0) is 4.79 Å². The summed E-state index contributed by atoms with van der Waals surface area (Å²) >= 11 is 0. The number of amides is 1. The zero-order valence-electron chi connectivity index (χ0n) is 8.84. The molecule has 2 nitrogen and oxygen atoms in total. The molecule has 0 aromatic rings. The molecule has 1 saturated carbocycles. The van der Waals surface area contributed by atoms with Crippen molar-refractivity contribution < 1.29 is 4.79 Å². The van der Waals surface area contributed by atoms with Crippen molar-refractivity contribution in [2.75, 3.05) is 13.1 Å². The summed E-state index contributed by atoms with van der Waals surface area (Å²) in [4.78, 5) is 13.8. The van der Waals surface area contributed by atoms with Crippen LogP contribution in [0.2, 0.25) is 0 Å². The van der Waals surface area contributed by atoms with Gasteiger partial charge in [-0.2, -0.15) is 0 Å². The number of nitrogens with zero attached hydrogens (tertiary/aromatic N) is 1. The van der Waals surface area contributed by atoms with Crippen molar-refractivity contribution in [1.82, 2.24) is 4.90 Å². The van der Waals surface area contributed by atoms with E-state index in [9.17, 15) is 4.79 Å². The fourth-order valence-electron chi connectivity index (χ4n) is 2.17. The van der Waals surface area contributed by atoms with E-state index < -0.39 is 0 Å². The van der Waals surface area contributed by atoms with Gasteiger partial charge < -0.3 is 4.90 Å². The summed E-state index contributed by atoms with van der Waals surface area (Å²) in [6.45, 7) is 8.46. The lowest BCUT2D eigenvalue weighted by molar-refractivity contribution is -0.132. The molecule has 1 saturated heterocycles. The Morgan fingerprint density at radius 2 is 1.85 bits per heavy atom. The van der Waals surface area contributed by atoms with Crippen LogP contribution in [0.3, 0.4) is 0 Å². The monoisotopic (exact) mass is 181 g/mol. The summed E-state index contributed by atoms with van der Waals surface area (Å²) in [7, 11) is 0. The van der Waals surface area contributed by atoms with E-state index in [1.807, 2.05) is 0 Å². The number of rotatable bonds is 1. The first-order chi connectivity index (χ1) is 5.96. The lowest BCUT2D eigenvalue weighted by Crippen LogP contribution is -2.32. The predicted octanol–water partition coefficient (Wildman–Crippen LogP) is 1.90. The fourth-order valence-corrected chi connectivity index (χ4v) is 2.17. The molecule has 0 bridgehead atoms. The molecule has 2 atom stereocenters. The summed E-state index contributed by atoms with van der Waals surface area (Å²) in [5.74, 6) is 2.09. The van der Waals surface area contributed by atoms with E-state index >= 15 is 0 Å². The molecule has 2 heteroatoms. The molecule has 0 radical (unpaired) electrons. The summed E-state index contributed by atoms with van der Waals surface area (Å²) in [5, 5.41) is 0. The summed E-state index contributed by atoms with van der Waals surface area (Å²) < 4.78 is 0. The maximum Gasteiger partial charge on any atom is 0.223 e. The predicted molar refractivity (Wildman–Crippen MR) is 52.2 cm³/mol. The maximum absolute atomic E-state index is 11.8. The molecular weight excluding hydrogens is 162 g/mol. The molecule has 13 heavy (non-hydrogen) atoms. The minimum Gasteiger partial charge on any atom is -0.342 e. The Balaban J connectivity index is 1.84. The van der Waals surface area contributed by atoms with Crippen molar-refractivity contribution in [1.29, 1.82) is 0 Å². The van der Waals surface area contributed by atoms with E-state index in [-0.39, 0.29) is 5.41 Å². The number of hydrogen-bond acceptors (Lipinski definition) is 1. The minimum absolute atomic E-state index is 0.143. The Labute approximate surface area is 80.3 Å². The van der Waals surface area contributed by atoms with E-state index in [0.717, 1.165) is 24.9 Å². The van der Waals surface area contributed by atoms with Crippen molar-refractivity contribution in [2.45, 2.75) is 33.6 Å². The lowest BCUT2D eigenvalue weighted by atomic mass is 9.91. The van der Waals surface area contributed by atoms with E-state index in [4.69, 9.17) is 0 Å². The van der Waals surface area contributed by atoms with Crippen LogP contribution in [0, 0.1) is 17.3 Å². The zero-order chi connectivity index (χ0) is 9.64. The number of fused-ring (bicyclic) bond motifs is 1. The Morgan fingerprint density at radius 1 is 1.31 bits per heavy atom. The van der Waals surface area contributed by atoms with E-state index in [0.29, 0.717) is 12.3 Å². The molecule has 0 N–H and O–H groups in total. The highest BCUT2D eigenvalue weighted by Crippen LogP contribution is 2.45. The van der Waals surface area contributed by atoms with E-state index in [2.05, 4.69) is 25.7 Å². The number of carbonyl (C=O) groups is 1. The molecular formula is C11H19NO. The quantitative estimate of drug-likeness (QED) is 0.605. The number of piperidine rings is 1. The summed E-state index contributed by atoms with van der Waals surface area (Å²) in [6, 6.07) is 0. The van der Waals surface area contributed by atoms with Crippen LogP contribution in [0.15, 0.2) is 0 Å². The second-order valence-electron chi connectivity index (χ2n) is 5.79. The number of carbonyl (C=O) groups excluding carboxylic acids is 1. The standard InChI is InChI=1S/C11H19NO/c1-11(2,3)5-10(13)12-6-8-4-9(8)7-12/h8-9H,4-7H2,1-3H3/t8-,9?/m1/s1. The van der Waals surface area contributed by atoms with Crippen LogP contribution >= 0.6 is 0 Å². The third kappa shape index (κ3) is 2.04. The lowest BCUT2D eigenvalue weighted by Gasteiger charge is -2.23. The Bertz CT molecular complexity index is 219. The second kappa shape index (κ2) is 2.73. The smallest absolute Gasteiger partial charge is 0.223 e. The Kier molecular flexibility index (Phi) is 1.90. The van der Waals surface area contributed by atoms with Crippen molar-refractivity contribution in [3.63, 3.8) is 0 Å². The van der Waals surface area contributed by atoms with Gasteiger partial charge in [0.2, 0.25) is 5.91 Å². The highest BCUT2D eigenvalue weighted by Gasteiger charge is 2.46. The topological polar surface area (TPSA) is 20.3 Å². The third-order valence-electron chi connectivity index (χ3n) is 3.01. The molecule has 1 unspecified atom stereocenters. The fraction of sp³-hybridized carbons (Fsp3) is 0.909. The van der Waals surface area contributed by atoms with Gasteiger partial charge >= 0.3 is 0 Å². The Hall–Kier alpha value is -0.530. The summed E-state index contributed by atoms with van der Waals surface area (Å²) in [6.07, 6.45) is 2.08. The highest BCUT2D eigenvalue weighted by atomic mass is 16.2. The van der Waals surface area contributed by atoms with Gasteiger partial charge in [0.15, 0.2) is 0 Å². The molecule has 74 valence electrons. The molecule has 2 fully saturated rings. The molecule has 2 aliphatic rings. The second-order valence-corrected chi connectivity index (χ2v) is 5.79. The largest absolute Gasteiger partial charge is 0.342 e. The molecule has 1 amide bonds. The normalized spacial score (nSPS) is 31.8. The number of likely N-dealkylation sites (tertiary alicyclic amines) is 1. The maximum atomic E-state index is 11.8. The van der Waals surface area contributed by atoms with Gasteiger partial charge in [-0.3, -0.25) is 4.79 Å². The molecule has 0 aromatic heterocycles. The van der Waals surface area contributed by atoms with Gasteiger partial charge in [0.05, 0.1) is 0 Å². The molecule has 1 aliphatic carbocycles. The highest BCUT2D eigenvalue weighted by molar-refractivity contribution is 5.77. The minimum atomic E-state index is 0.143. The van der Waals surface area contributed by atoms with Crippen molar-refractivity contribution in [3.05, 3.63) is 0 Å². The molecule has 1 aliphatic heterocycles. The van der Waals surface area contributed by atoms with Crippen LogP contribution in [0.25, 0.3) is 0 Å². The van der Waals surface area contributed by atoms with Crippen LogP contribution < -0.4 is 0 Å². The van der Waals surface area contributed by atoms with Crippen molar-refractivity contribution >= 4 is 5.91 Å².